The SMILES string of the molecule is COC(=O)N1CCCC[C@H](NC=O)C1=O. The van der Waals surface area contributed by atoms with E-state index in [0.717, 1.165) is 17.7 Å². The number of hydrogen-bond donors (Lipinski definition) is 1. The van der Waals surface area contributed by atoms with Crippen LogP contribution in [0.5, 0.6) is 0 Å². The van der Waals surface area contributed by atoms with Gasteiger partial charge >= 0.3 is 6.09 Å². The summed E-state index contributed by atoms with van der Waals surface area (Å²) in [5, 5.41) is 2.40. The molecule has 1 N–H and O–H groups in total. The van der Waals surface area contributed by atoms with E-state index in [9.17, 15) is 14.4 Å². The molecule has 0 aromatic carbocycles. The van der Waals surface area contributed by atoms with E-state index in [2.05, 4.69) is 10.1 Å². The molecule has 0 unspecified atom stereocenters. The van der Waals surface area contributed by atoms with Crippen molar-refractivity contribution in [3.8, 4) is 0 Å². The third-order valence-electron chi connectivity index (χ3n) is 2.35. The predicted molar refractivity (Wildman–Crippen MR) is 51.0 cm³/mol. The smallest absolute Gasteiger partial charge is 0.416 e. The fraction of sp³-hybridized carbons (Fsp3) is 0.667. The molecule has 3 amide bonds. The molecule has 6 nitrogen and oxygen atoms in total. The highest BCUT2D eigenvalue weighted by molar-refractivity contribution is 5.95. The first-order valence-electron chi connectivity index (χ1n) is 4.79. The van der Waals surface area contributed by atoms with Crippen LogP contribution in [0.4, 0.5) is 4.79 Å². The number of imide groups is 1. The number of nitrogens with zero attached hydrogens (tertiary/aromatic N) is 1. The van der Waals surface area contributed by atoms with Gasteiger partial charge in [0.15, 0.2) is 0 Å². The van der Waals surface area contributed by atoms with Crippen LogP contribution in [0.15, 0.2) is 0 Å². The number of amides is 3. The van der Waals surface area contributed by atoms with Gasteiger partial charge < -0.3 is 10.1 Å². The maximum absolute atomic E-state index is 11.7. The van der Waals surface area contributed by atoms with Crippen molar-refractivity contribution in [1.82, 2.24) is 10.2 Å². The molecule has 0 aromatic heterocycles. The van der Waals surface area contributed by atoms with E-state index in [-0.39, 0.29) is 0 Å². The molecule has 0 saturated carbocycles. The summed E-state index contributed by atoms with van der Waals surface area (Å²) in [4.78, 5) is 34.3. The normalized spacial score (nSPS) is 21.8. The van der Waals surface area contributed by atoms with Gasteiger partial charge in [-0.05, 0) is 19.3 Å². The average Bonchev–Trinajstić information content (AvgIpc) is 2.42. The Balaban J connectivity index is 2.74. The lowest BCUT2D eigenvalue weighted by Gasteiger charge is -2.20. The molecule has 84 valence electrons. The molecule has 0 spiro atoms. The fourth-order valence-electron chi connectivity index (χ4n) is 1.57. The van der Waals surface area contributed by atoms with Gasteiger partial charge in [0, 0.05) is 6.54 Å². The molecule has 0 radical (unpaired) electrons. The van der Waals surface area contributed by atoms with Crippen LogP contribution < -0.4 is 5.32 Å². The van der Waals surface area contributed by atoms with E-state index in [1.807, 2.05) is 0 Å². The number of methoxy groups -OCH3 is 1. The first-order valence-corrected chi connectivity index (χ1v) is 4.79. The molecule has 6 heteroatoms. The molecule has 1 saturated heterocycles. The minimum Gasteiger partial charge on any atom is -0.452 e. The second-order valence-electron chi connectivity index (χ2n) is 3.29. The first kappa shape index (κ1) is 11.5. The number of ether oxygens (including phenoxy) is 1. The molecule has 1 aliphatic heterocycles. The van der Waals surface area contributed by atoms with Crippen molar-refractivity contribution in [1.29, 1.82) is 0 Å². The summed E-state index contributed by atoms with van der Waals surface area (Å²) in [5.74, 6) is -0.397. The number of carbonyl (C=O) groups is 3. The van der Waals surface area contributed by atoms with Crippen molar-refractivity contribution in [2.45, 2.75) is 25.3 Å². The monoisotopic (exact) mass is 214 g/mol. The van der Waals surface area contributed by atoms with Gasteiger partial charge in [-0.1, -0.05) is 0 Å². The summed E-state index contributed by atoms with van der Waals surface area (Å²) < 4.78 is 4.49. The molecule has 1 fully saturated rings. The summed E-state index contributed by atoms with van der Waals surface area (Å²) in [6.07, 6.45) is 1.90. The van der Waals surface area contributed by atoms with Crippen LogP contribution in [0.2, 0.25) is 0 Å². The summed E-state index contributed by atoms with van der Waals surface area (Å²) in [5.41, 5.74) is 0. The molecular formula is C9H14N2O4. The number of hydrogen-bond acceptors (Lipinski definition) is 4. The van der Waals surface area contributed by atoms with E-state index >= 15 is 0 Å². The van der Waals surface area contributed by atoms with Gasteiger partial charge in [0.2, 0.25) is 6.41 Å². The Bertz CT molecular complexity index is 267. The number of rotatable bonds is 2. The summed E-state index contributed by atoms with van der Waals surface area (Å²) >= 11 is 0. The van der Waals surface area contributed by atoms with Crippen molar-refractivity contribution >= 4 is 18.4 Å². The minimum atomic E-state index is -0.667. The third-order valence-corrected chi connectivity index (χ3v) is 2.35. The Morgan fingerprint density at radius 3 is 2.93 bits per heavy atom. The van der Waals surface area contributed by atoms with Crippen molar-refractivity contribution in [3.63, 3.8) is 0 Å². The maximum Gasteiger partial charge on any atom is 0.416 e. The molecule has 15 heavy (non-hydrogen) atoms. The maximum atomic E-state index is 11.7. The van der Waals surface area contributed by atoms with Crippen LogP contribution in [0, 0.1) is 0 Å². The summed E-state index contributed by atoms with van der Waals surface area (Å²) in [6, 6.07) is -0.607. The van der Waals surface area contributed by atoms with Crippen LogP contribution in [0.3, 0.4) is 0 Å². The zero-order valence-corrected chi connectivity index (χ0v) is 8.56. The predicted octanol–water partition coefficient (Wildman–Crippen LogP) is -0.120. The summed E-state index contributed by atoms with van der Waals surface area (Å²) in [6.45, 7) is 0.350. The Kier molecular flexibility index (Phi) is 4.08. The van der Waals surface area contributed by atoms with Crippen molar-refractivity contribution in [3.05, 3.63) is 0 Å². The van der Waals surface area contributed by atoms with Crippen LogP contribution in [-0.2, 0) is 14.3 Å². The zero-order chi connectivity index (χ0) is 11.3. The van der Waals surface area contributed by atoms with Gasteiger partial charge in [-0.25, -0.2) is 9.69 Å². The molecule has 0 aliphatic carbocycles. The molecular weight excluding hydrogens is 200 g/mol. The standard InChI is InChI=1S/C9H14N2O4/c1-15-9(14)11-5-3-2-4-7(8(11)13)10-6-12/h6-7H,2-5H2,1H3,(H,10,12)/t7-/m0/s1. The molecule has 1 heterocycles. The fourth-order valence-corrected chi connectivity index (χ4v) is 1.57. The van der Waals surface area contributed by atoms with Gasteiger partial charge in [-0.3, -0.25) is 9.59 Å². The molecule has 0 bridgehead atoms. The van der Waals surface area contributed by atoms with Gasteiger partial charge in [-0.15, -0.1) is 0 Å². The number of carbonyl (C=O) groups excluding carboxylic acids is 3. The third kappa shape index (κ3) is 2.68. The molecule has 1 rings (SSSR count). The van der Waals surface area contributed by atoms with Crippen LogP contribution >= 0.6 is 0 Å². The van der Waals surface area contributed by atoms with Crippen molar-refractivity contribution in [2.75, 3.05) is 13.7 Å². The Labute approximate surface area is 87.6 Å². The lowest BCUT2D eigenvalue weighted by Crippen LogP contribution is -2.47. The molecule has 1 atom stereocenters. The van der Waals surface area contributed by atoms with E-state index in [4.69, 9.17) is 0 Å². The highest BCUT2D eigenvalue weighted by atomic mass is 16.5. The number of likely N-dealkylation sites (tertiary alicyclic amines) is 1. The van der Waals surface area contributed by atoms with E-state index in [1.165, 1.54) is 7.11 Å². The lowest BCUT2D eigenvalue weighted by molar-refractivity contribution is -0.132. The summed E-state index contributed by atoms with van der Waals surface area (Å²) in [7, 11) is 1.22. The van der Waals surface area contributed by atoms with Crippen LogP contribution in [-0.4, -0.2) is 43.0 Å². The topological polar surface area (TPSA) is 75.7 Å². The van der Waals surface area contributed by atoms with Gasteiger partial charge in [-0.2, -0.15) is 0 Å². The van der Waals surface area contributed by atoms with E-state index in [0.29, 0.717) is 19.4 Å². The van der Waals surface area contributed by atoms with Crippen molar-refractivity contribution < 1.29 is 19.1 Å². The highest BCUT2D eigenvalue weighted by Crippen LogP contribution is 2.12. The first-order chi connectivity index (χ1) is 7.20. The van der Waals surface area contributed by atoms with Crippen LogP contribution in [0.25, 0.3) is 0 Å². The van der Waals surface area contributed by atoms with Gasteiger partial charge in [0.1, 0.15) is 6.04 Å². The van der Waals surface area contributed by atoms with E-state index < -0.39 is 18.0 Å². The second-order valence-corrected chi connectivity index (χ2v) is 3.29. The van der Waals surface area contributed by atoms with Crippen molar-refractivity contribution in [2.24, 2.45) is 0 Å². The largest absolute Gasteiger partial charge is 0.452 e. The van der Waals surface area contributed by atoms with Crippen LogP contribution in [0.1, 0.15) is 19.3 Å². The highest BCUT2D eigenvalue weighted by Gasteiger charge is 2.30. The average molecular weight is 214 g/mol. The minimum absolute atomic E-state index is 0.350. The zero-order valence-electron chi connectivity index (χ0n) is 8.56. The van der Waals surface area contributed by atoms with Gasteiger partial charge in [0.05, 0.1) is 7.11 Å². The second kappa shape index (κ2) is 5.33. The molecule has 0 aromatic rings. The Hall–Kier alpha value is -1.59. The van der Waals surface area contributed by atoms with Gasteiger partial charge in [0.25, 0.3) is 5.91 Å². The Morgan fingerprint density at radius 2 is 2.33 bits per heavy atom. The quantitative estimate of drug-likeness (QED) is 0.650. The van der Waals surface area contributed by atoms with E-state index in [1.54, 1.807) is 0 Å². The number of nitrogens with one attached hydrogen (secondary N) is 1. The molecule has 1 aliphatic rings. The lowest BCUT2D eigenvalue weighted by atomic mass is 10.1. The Morgan fingerprint density at radius 1 is 1.60 bits per heavy atom.